The maximum atomic E-state index is 9.63. The SMILES string of the molecule is Nc1ccc(-c2nnc3c(O)cccn23)cc1. The Bertz CT molecular complexity index is 673. The number of rotatable bonds is 1. The summed E-state index contributed by atoms with van der Waals surface area (Å²) < 4.78 is 1.74. The van der Waals surface area contributed by atoms with E-state index in [0.717, 1.165) is 5.56 Å². The van der Waals surface area contributed by atoms with Crippen LogP contribution in [-0.2, 0) is 0 Å². The summed E-state index contributed by atoms with van der Waals surface area (Å²) in [6, 6.07) is 10.7. The van der Waals surface area contributed by atoms with E-state index in [1.165, 1.54) is 0 Å². The molecule has 84 valence electrons. The van der Waals surface area contributed by atoms with Crippen molar-refractivity contribution in [3.8, 4) is 17.1 Å². The summed E-state index contributed by atoms with van der Waals surface area (Å²) in [5, 5.41) is 17.6. The lowest BCUT2D eigenvalue weighted by molar-refractivity contribution is 0.477. The third kappa shape index (κ3) is 1.48. The Balaban J connectivity index is 2.24. The lowest BCUT2D eigenvalue weighted by Crippen LogP contribution is -1.90. The molecule has 0 bridgehead atoms. The first kappa shape index (κ1) is 9.65. The van der Waals surface area contributed by atoms with Crippen LogP contribution in [0.1, 0.15) is 0 Å². The number of benzene rings is 1. The summed E-state index contributed by atoms with van der Waals surface area (Å²) >= 11 is 0. The normalized spacial score (nSPS) is 10.8. The van der Waals surface area contributed by atoms with E-state index in [2.05, 4.69) is 10.2 Å². The van der Waals surface area contributed by atoms with Gasteiger partial charge in [0, 0.05) is 17.4 Å². The van der Waals surface area contributed by atoms with Crippen molar-refractivity contribution in [3.05, 3.63) is 42.6 Å². The Morgan fingerprint density at radius 2 is 1.82 bits per heavy atom. The van der Waals surface area contributed by atoms with Crippen molar-refractivity contribution in [2.75, 3.05) is 5.73 Å². The first-order valence-corrected chi connectivity index (χ1v) is 5.14. The average Bonchev–Trinajstić information content (AvgIpc) is 2.75. The number of nitrogen functional groups attached to an aromatic ring is 1. The summed E-state index contributed by atoms with van der Waals surface area (Å²) in [5.74, 6) is 0.789. The lowest BCUT2D eigenvalue weighted by Gasteiger charge is -2.00. The zero-order chi connectivity index (χ0) is 11.8. The molecule has 17 heavy (non-hydrogen) atoms. The second kappa shape index (κ2) is 3.48. The smallest absolute Gasteiger partial charge is 0.203 e. The van der Waals surface area contributed by atoms with E-state index in [0.29, 0.717) is 17.2 Å². The maximum absolute atomic E-state index is 9.63. The van der Waals surface area contributed by atoms with E-state index in [9.17, 15) is 5.11 Å². The monoisotopic (exact) mass is 226 g/mol. The second-order valence-corrected chi connectivity index (χ2v) is 3.73. The predicted octanol–water partition coefficient (Wildman–Crippen LogP) is 1.68. The summed E-state index contributed by atoms with van der Waals surface area (Å²) in [6.07, 6.45) is 1.81. The van der Waals surface area contributed by atoms with Crippen molar-refractivity contribution in [1.29, 1.82) is 0 Å². The minimum absolute atomic E-state index is 0.113. The maximum Gasteiger partial charge on any atom is 0.203 e. The van der Waals surface area contributed by atoms with Crippen LogP contribution >= 0.6 is 0 Å². The van der Waals surface area contributed by atoms with Gasteiger partial charge in [-0.05, 0) is 36.4 Å². The fraction of sp³-hybridized carbons (Fsp3) is 0. The Morgan fingerprint density at radius 3 is 2.59 bits per heavy atom. The van der Waals surface area contributed by atoms with Crippen molar-refractivity contribution in [2.24, 2.45) is 0 Å². The van der Waals surface area contributed by atoms with Crippen molar-refractivity contribution in [3.63, 3.8) is 0 Å². The molecule has 0 aliphatic heterocycles. The van der Waals surface area contributed by atoms with Gasteiger partial charge < -0.3 is 10.8 Å². The molecule has 3 aromatic rings. The van der Waals surface area contributed by atoms with Gasteiger partial charge >= 0.3 is 0 Å². The fourth-order valence-corrected chi connectivity index (χ4v) is 1.73. The van der Waals surface area contributed by atoms with Gasteiger partial charge in [-0.25, -0.2) is 0 Å². The summed E-state index contributed by atoms with van der Waals surface area (Å²) in [6.45, 7) is 0. The molecule has 0 aliphatic rings. The van der Waals surface area contributed by atoms with Crippen LogP contribution in [0.5, 0.6) is 5.75 Å². The molecule has 5 heteroatoms. The number of hydrogen-bond donors (Lipinski definition) is 2. The Morgan fingerprint density at radius 1 is 1.06 bits per heavy atom. The van der Waals surface area contributed by atoms with Gasteiger partial charge in [0.25, 0.3) is 0 Å². The number of nitrogens with zero attached hydrogens (tertiary/aromatic N) is 3. The number of pyridine rings is 1. The molecule has 0 atom stereocenters. The first-order valence-electron chi connectivity index (χ1n) is 5.14. The largest absolute Gasteiger partial charge is 0.504 e. The Hall–Kier alpha value is -2.56. The third-order valence-corrected chi connectivity index (χ3v) is 2.58. The molecule has 0 saturated heterocycles. The zero-order valence-electron chi connectivity index (χ0n) is 8.91. The standard InChI is InChI=1S/C12H10N4O/c13-9-5-3-8(4-6-9)11-14-15-12-10(17)2-1-7-16(11)12/h1-7,17H,13H2. The van der Waals surface area contributed by atoms with E-state index >= 15 is 0 Å². The van der Waals surface area contributed by atoms with Gasteiger partial charge in [0.15, 0.2) is 11.6 Å². The third-order valence-electron chi connectivity index (χ3n) is 2.58. The van der Waals surface area contributed by atoms with Gasteiger partial charge in [0.05, 0.1) is 0 Å². The van der Waals surface area contributed by atoms with Crippen LogP contribution in [0.2, 0.25) is 0 Å². The van der Waals surface area contributed by atoms with Crippen LogP contribution in [0.25, 0.3) is 17.0 Å². The van der Waals surface area contributed by atoms with Crippen LogP contribution in [0.3, 0.4) is 0 Å². The minimum atomic E-state index is 0.113. The van der Waals surface area contributed by atoms with Crippen LogP contribution in [-0.4, -0.2) is 19.7 Å². The van der Waals surface area contributed by atoms with Gasteiger partial charge in [0.2, 0.25) is 5.65 Å². The molecule has 0 aliphatic carbocycles. The van der Waals surface area contributed by atoms with Crippen molar-refractivity contribution >= 4 is 11.3 Å². The fourth-order valence-electron chi connectivity index (χ4n) is 1.73. The molecule has 2 heterocycles. The molecule has 0 radical (unpaired) electrons. The van der Waals surface area contributed by atoms with Gasteiger partial charge in [-0.2, -0.15) is 0 Å². The first-order chi connectivity index (χ1) is 8.25. The topological polar surface area (TPSA) is 76.4 Å². The van der Waals surface area contributed by atoms with E-state index in [1.807, 2.05) is 12.1 Å². The van der Waals surface area contributed by atoms with Gasteiger partial charge in [-0.3, -0.25) is 4.40 Å². The van der Waals surface area contributed by atoms with Crippen LogP contribution in [0, 0.1) is 0 Å². The minimum Gasteiger partial charge on any atom is -0.504 e. The molecule has 3 N–H and O–H groups in total. The van der Waals surface area contributed by atoms with Crippen LogP contribution in [0.4, 0.5) is 5.69 Å². The number of hydrogen-bond acceptors (Lipinski definition) is 4. The molecule has 2 aromatic heterocycles. The van der Waals surface area contributed by atoms with Crippen molar-refractivity contribution in [1.82, 2.24) is 14.6 Å². The van der Waals surface area contributed by atoms with E-state index in [1.54, 1.807) is 34.9 Å². The molecule has 0 amide bonds. The van der Waals surface area contributed by atoms with Crippen LogP contribution < -0.4 is 5.73 Å². The van der Waals surface area contributed by atoms with E-state index in [4.69, 9.17) is 5.73 Å². The number of aromatic nitrogens is 3. The van der Waals surface area contributed by atoms with Crippen molar-refractivity contribution < 1.29 is 5.11 Å². The lowest BCUT2D eigenvalue weighted by atomic mass is 10.2. The molecule has 0 fully saturated rings. The molecule has 5 nitrogen and oxygen atoms in total. The molecule has 0 spiro atoms. The molecule has 1 aromatic carbocycles. The number of fused-ring (bicyclic) bond motifs is 1. The predicted molar refractivity (Wildman–Crippen MR) is 64.5 cm³/mol. The Kier molecular flexibility index (Phi) is 1.98. The molecular weight excluding hydrogens is 216 g/mol. The summed E-state index contributed by atoms with van der Waals surface area (Å²) in [7, 11) is 0. The number of nitrogens with two attached hydrogens (primary N) is 1. The highest BCUT2D eigenvalue weighted by molar-refractivity contribution is 5.64. The highest BCUT2D eigenvalue weighted by Crippen LogP contribution is 2.23. The number of anilines is 1. The van der Waals surface area contributed by atoms with E-state index in [-0.39, 0.29) is 5.75 Å². The average molecular weight is 226 g/mol. The Labute approximate surface area is 97.1 Å². The van der Waals surface area contributed by atoms with Crippen molar-refractivity contribution in [2.45, 2.75) is 0 Å². The quantitative estimate of drug-likeness (QED) is 0.619. The molecule has 0 unspecified atom stereocenters. The van der Waals surface area contributed by atoms with Gasteiger partial charge in [-0.1, -0.05) is 0 Å². The van der Waals surface area contributed by atoms with E-state index < -0.39 is 0 Å². The van der Waals surface area contributed by atoms with Gasteiger partial charge in [0.1, 0.15) is 0 Å². The summed E-state index contributed by atoms with van der Waals surface area (Å²) in [5.41, 5.74) is 7.68. The highest BCUT2D eigenvalue weighted by atomic mass is 16.3. The zero-order valence-corrected chi connectivity index (χ0v) is 8.91. The molecule has 3 rings (SSSR count). The number of aromatic hydroxyl groups is 1. The second-order valence-electron chi connectivity index (χ2n) is 3.73. The molecular formula is C12H10N4O. The van der Waals surface area contributed by atoms with Gasteiger partial charge in [-0.15, -0.1) is 10.2 Å². The summed E-state index contributed by atoms with van der Waals surface area (Å²) in [4.78, 5) is 0. The van der Waals surface area contributed by atoms with Crippen LogP contribution in [0.15, 0.2) is 42.6 Å². The molecule has 0 saturated carbocycles. The highest BCUT2D eigenvalue weighted by Gasteiger charge is 2.09.